The minimum absolute atomic E-state index is 0.312. The third-order valence-electron chi connectivity index (χ3n) is 4.05. The number of phenols is 1. The van der Waals surface area contributed by atoms with Gasteiger partial charge in [-0.2, -0.15) is 0 Å². The highest BCUT2D eigenvalue weighted by Crippen LogP contribution is 2.27. The minimum Gasteiger partial charge on any atom is -0.508 e. The van der Waals surface area contributed by atoms with Gasteiger partial charge in [0.1, 0.15) is 5.75 Å². The third kappa shape index (κ3) is 3.70. The smallest absolute Gasteiger partial charge is 0.211 e. The Bertz CT molecular complexity index is 438. The van der Waals surface area contributed by atoms with Gasteiger partial charge in [0.05, 0.1) is 6.54 Å². The maximum absolute atomic E-state index is 13.5. The van der Waals surface area contributed by atoms with E-state index < -0.39 is 6.36 Å². The molecule has 1 aliphatic rings. The number of aromatic hydroxyl groups is 1. The van der Waals surface area contributed by atoms with E-state index in [1.165, 1.54) is 18.2 Å². The molecular weight excluding hydrogens is 257 g/mol. The van der Waals surface area contributed by atoms with Gasteiger partial charge in [-0.05, 0) is 55.5 Å². The maximum Gasteiger partial charge on any atom is 0.211 e. The van der Waals surface area contributed by atoms with Crippen LogP contribution in [0.3, 0.4) is 0 Å². The third-order valence-corrected chi connectivity index (χ3v) is 4.05. The van der Waals surface area contributed by atoms with Gasteiger partial charge in [0.2, 0.25) is 6.36 Å². The van der Waals surface area contributed by atoms with E-state index in [2.05, 4.69) is 11.8 Å². The van der Waals surface area contributed by atoms with Gasteiger partial charge < -0.3 is 9.84 Å². The van der Waals surface area contributed by atoms with Gasteiger partial charge in [0.15, 0.2) is 0 Å². The van der Waals surface area contributed by atoms with Crippen LogP contribution in [-0.4, -0.2) is 42.6 Å². The van der Waals surface area contributed by atoms with Crippen LogP contribution in [0.2, 0.25) is 0 Å². The lowest BCUT2D eigenvalue weighted by molar-refractivity contribution is -0.0386. The molecular formula is C16H24FNO2. The van der Waals surface area contributed by atoms with Crippen molar-refractivity contribution in [2.24, 2.45) is 0 Å². The van der Waals surface area contributed by atoms with Gasteiger partial charge in [-0.1, -0.05) is 13.0 Å². The van der Waals surface area contributed by atoms with Crippen molar-refractivity contribution < 1.29 is 14.2 Å². The molecule has 0 aliphatic heterocycles. The zero-order valence-corrected chi connectivity index (χ0v) is 12.3. The summed E-state index contributed by atoms with van der Waals surface area (Å²) in [6.07, 6.45) is 2.67. The second-order valence-corrected chi connectivity index (χ2v) is 5.49. The molecule has 0 saturated carbocycles. The van der Waals surface area contributed by atoms with Crippen molar-refractivity contribution in [3.8, 4) is 5.75 Å². The first-order valence-corrected chi connectivity index (χ1v) is 7.35. The highest BCUT2D eigenvalue weighted by Gasteiger charge is 2.25. The molecule has 1 aliphatic carbocycles. The number of alkyl halides is 1. The number of fused-ring (bicyclic) bond motifs is 1. The van der Waals surface area contributed by atoms with E-state index in [4.69, 9.17) is 4.74 Å². The number of benzene rings is 1. The minimum atomic E-state index is -1.23. The SMILES string of the molecule is CCCN(CC(F)OC)C1CCc2ccc(O)cc2C1. The monoisotopic (exact) mass is 281 g/mol. The highest BCUT2D eigenvalue weighted by atomic mass is 19.1. The van der Waals surface area contributed by atoms with E-state index in [0.717, 1.165) is 32.2 Å². The molecule has 0 saturated heterocycles. The van der Waals surface area contributed by atoms with Crippen molar-refractivity contribution in [1.82, 2.24) is 4.90 Å². The van der Waals surface area contributed by atoms with Crippen LogP contribution in [0.4, 0.5) is 4.39 Å². The van der Waals surface area contributed by atoms with Crippen molar-refractivity contribution >= 4 is 0 Å². The normalized spacial score (nSPS) is 19.9. The summed E-state index contributed by atoms with van der Waals surface area (Å²) in [5.74, 6) is 0.312. The molecule has 2 rings (SSSR count). The number of halogens is 1. The molecule has 112 valence electrons. The lowest BCUT2D eigenvalue weighted by Gasteiger charge is -2.35. The van der Waals surface area contributed by atoms with Gasteiger partial charge in [-0.25, -0.2) is 4.39 Å². The Kier molecular flexibility index (Phi) is 5.38. The van der Waals surface area contributed by atoms with Gasteiger partial charge in [0, 0.05) is 13.2 Å². The van der Waals surface area contributed by atoms with Crippen molar-refractivity contribution in [3.05, 3.63) is 29.3 Å². The van der Waals surface area contributed by atoms with Gasteiger partial charge in [-0.3, -0.25) is 4.90 Å². The summed E-state index contributed by atoms with van der Waals surface area (Å²) in [5, 5.41) is 9.61. The molecule has 1 aromatic rings. The predicted octanol–water partition coefficient (Wildman–Crippen LogP) is 2.90. The lowest BCUT2D eigenvalue weighted by Crippen LogP contribution is -2.43. The van der Waals surface area contributed by atoms with Crippen LogP contribution in [0.15, 0.2) is 18.2 Å². The summed E-state index contributed by atoms with van der Waals surface area (Å²) in [5.41, 5.74) is 2.49. The molecule has 20 heavy (non-hydrogen) atoms. The second kappa shape index (κ2) is 7.04. The van der Waals surface area contributed by atoms with Crippen LogP contribution in [0.25, 0.3) is 0 Å². The number of methoxy groups -OCH3 is 1. The zero-order valence-electron chi connectivity index (χ0n) is 12.3. The van der Waals surface area contributed by atoms with Crippen LogP contribution < -0.4 is 0 Å². The van der Waals surface area contributed by atoms with Crippen molar-refractivity contribution in [3.63, 3.8) is 0 Å². The molecule has 0 bridgehead atoms. The lowest BCUT2D eigenvalue weighted by atomic mass is 9.87. The molecule has 2 atom stereocenters. The van der Waals surface area contributed by atoms with Gasteiger partial charge in [-0.15, -0.1) is 0 Å². The first-order chi connectivity index (χ1) is 9.63. The van der Waals surface area contributed by atoms with Crippen LogP contribution in [0, 0.1) is 0 Å². The average molecular weight is 281 g/mol. The van der Waals surface area contributed by atoms with E-state index in [-0.39, 0.29) is 0 Å². The fraction of sp³-hybridized carbons (Fsp3) is 0.625. The number of hydrogen-bond donors (Lipinski definition) is 1. The fourth-order valence-corrected chi connectivity index (χ4v) is 3.00. The molecule has 0 heterocycles. The van der Waals surface area contributed by atoms with Crippen molar-refractivity contribution in [2.45, 2.75) is 45.0 Å². The number of hydrogen-bond acceptors (Lipinski definition) is 3. The Hall–Kier alpha value is -1.13. The highest BCUT2D eigenvalue weighted by molar-refractivity contribution is 5.37. The molecule has 2 unspecified atom stereocenters. The van der Waals surface area contributed by atoms with E-state index in [9.17, 15) is 9.50 Å². The predicted molar refractivity (Wildman–Crippen MR) is 77.7 cm³/mol. The summed E-state index contributed by atoms with van der Waals surface area (Å²) in [7, 11) is 1.41. The standard InChI is InChI=1S/C16H24FNO2/c1-3-8-18(11-16(17)20-2)14-6-4-12-5-7-15(19)10-13(12)9-14/h5,7,10,14,16,19H,3-4,6,8-9,11H2,1-2H3. The summed E-state index contributed by atoms with van der Waals surface area (Å²) < 4.78 is 18.3. The zero-order chi connectivity index (χ0) is 14.5. The van der Waals surface area contributed by atoms with Crippen LogP contribution >= 0.6 is 0 Å². The molecule has 0 fully saturated rings. The number of nitrogens with zero attached hydrogens (tertiary/aromatic N) is 1. The van der Waals surface area contributed by atoms with Crippen LogP contribution in [0.5, 0.6) is 5.75 Å². The quantitative estimate of drug-likeness (QED) is 0.870. The maximum atomic E-state index is 13.5. The van der Waals surface area contributed by atoms with Crippen LogP contribution in [-0.2, 0) is 17.6 Å². The Labute approximate surface area is 120 Å². The summed E-state index contributed by atoms with van der Waals surface area (Å²) in [6, 6.07) is 5.91. The second-order valence-electron chi connectivity index (χ2n) is 5.49. The largest absolute Gasteiger partial charge is 0.508 e. The summed E-state index contributed by atoms with van der Waals surface area (Å²) in [4.78, 5) is 2.18. The van der Waals surface area contributed by atoms with E-state index in [1.807, 2.05) is 12.1 Å². The molecule has 4 heteroatoms. The molecule has 0 radical (unpaired) electrons. The van der Waals surface area contributed by atoms with E-state index >= 15 is 0 Å². The number of aryl methyl sites for hydroxylation is 1. The Morgan fingerprint density at radius 3 is 2.95 bits per heavy atom. The molecule has 0 spiro atoms. The molecule has 1 N–H and O–H groups in total. The molecule has 3 nitrogen and oxygen atoms in total. The topological polar surface area (TPSA) is 32.7 Å². The summed E-state index contributed by atoms with van der Waals surface area (Å²) >= 11 is 0. The van der Waals surface area contributed by atoms with Gasteiger partial charge in [0.25, 0.3) is 0 Å². The van der Waals surface area contributed by atoms with Crippen molar-refractivity contribution in [1.29, 1.82) is 0 Å². The van der Waals surface area contributed by atoms with Gasteiger partial charge >= 0.3 is 0 Å². The number of phenolic OH excluding ortho intramolecular Hbond substituents is 1. The first-order valence-electron chi connectivity index (χ1n) is 7.35. The summed E-state index contributed by atoms with van der Waals surface area (Å²) in [6.45, 7) is 3.31. The average Bonchev–Trinajstić information content (AvgIpc) is 2.45. The van der Waals surface area contributed by atoms with Crippen molar-refractivity contribution in [2.75, 3.05) is 20.2 Å². The van der Waals surface area contributed by atoms with E-state index in [1.54, 1.807) is 6.07 Å². The number of ether oxygens (including phenoxy) is 1. The Morgan fingerprint density at radius 2 is 2.25 bits per heavy atom. The van der Waals surface area contributed by atoms with Crippen LogP contribution in [0.1, 0.15) is 30.9 Å². The fourth-order valence-electron chi connectivity index (χ4n) is 3.00. The molecule has 1 aromatic carbocycles. The van der Waals surface area contributed by atoms with E-state index in [0.29, 0.717) is 18.3 Å². The first kappa shape index (κ1) is 15.3. The Balaban J connectivity index is 2.07. The molecule has 0 amide bonds. The number of rotatable bonds is 6. The Morgan fingerprint density at radius 1 is 1.45 bits per heavy atom. The molecule has 0 aromatic heterocycles.